The molecule has 0 unspecified atom stereocenters. The van der Waals surface area contributed by atoms with Crippen molar-refractivity contribution in [3.05, 3.63) is 87.3 Å². The highest BCUT2D eigenvalue weighted by Crippen LogP contribution is 2.32. The fraction of sp³-hybridized carbons (Fsp3) is 0.200. The molecule has 2 aromatic carbocycles. The number of aromatic nitrogens is 5. The monoisotopic (exact) mass is 472 g/mol. The van der Waals surface area contributed by atoms with Crippen molar-refractivity contribution in [3.63, 3.8) is 0 Å². The van der Waals surface area contributed by atoms with Gasteiger partial charge in [0.2, 0.25) is 5.91 Å². The second-order valence-electron chi connectivity index (χ2n) is 8.11. The van der Waals surface area contributed by atoms with Crippen LogP contribution in [0.15, 0.2) is 59.4 Å². The Hall–Kier alpha value is -4.60. The number of H-pyrrole nitrogens is 1. The summed E-state index contributed by atoms with van der Waals surface area (Å²) in [5.41, 5.74) is 8.92. The molecule has 0 atom stereocenters. The molecule has 10 heteroatoms. The number of pyridine rings is 1. The van der Waals surface area contributed by atoms with Gasteiger partial charge in [-0.2, -0.15) is 0 Å². The summed E-state index contributed by atoms with van der Waals surface area (Å²) in [4.78, 5) is 36.7. The number of hydrogen-bond donors (Lipinski definition) is 3. The summed E-state index contributed by atoms with van der Waals surface area (Å²) in [5, 5.41) is 23.3. The van der Waals surface area contributed by atoms with Crippen molar-refractivity contribution >= 4 is 11.9 Å². The number of nitrogens with two attached hydrogens (primary N) is 1. The number of tetrazole rings is 1. The van der Waals surface area contributed by atoms with Crippen LogP contribution in [-0.4, -0.2) is 42.2 Å². The molecule has 178 valence electrons. The van der Waals surface area contributed by atoms with Crippen LogP contribution in [-0.2, 0) is 13.0 Å². The number of aromatic amines is 1. The maximum atomic E-state index is 12.8. The molecular formula is C25H24N6O4. The number of nitrogens with one attached hydrogen (secondary N) is 1. The lowest BCUT2D eigenvalue weighted by Gasteiger charge is -2.16. The van der Waals surface area contributed by atoms with E-state index in [9.17, 15) is 19.5 Å². The second-order valence-corrected chi connectivity index (χ2v) is 8.11. The van der Waals surface area contributed by atoms with Gasteiger partial charge < -0.3 is 15.4 Å². The quantitative estimate of drug-likeness (QED) is 0.338. The van der Waals surface area contributed by atoms with Crippen LogP contribution in [0.4, 0.5) is 0 Å². The molecule has 0 fully saturated rings. The molecule has 35 heavy (non-hydrogen) atoms. The van der Waals surface area contributed by atoms with E-state index in [-0.39, 0.29) is 17.7 Å². The van der Waals surface area contributed by atoms with Crippen molar-refractivity contribution in [2.24, 2.45) is 5.73 Å². The molecule has 0 aliphatic rings. The van der Waals surface area contributed by atoms with Crippen LogP contribution in [0.2, 0.25) is 0 Å². The lowest BCUT2D eigenvalue weighted by atomic mass is 9.93. The normalized spacial score (nSPS) is 10.9. The number of carbonyl (C=O) groups is 2. The maximum Gasteiger partial charge on any atom is 0.335 e. The van der Waals surface area contributed by atoms with Crippen LogP contribution in [0.3, 0.4) is 0 Å². The SMILES string of the molecule is CCCCc1cc(C(=O)O)cc(=O)n1Cc1ccc(-c2ccccc2-c2nnn[nH]2)c(C(N)=O)c1. The third-order valence-electron chi connectivity index (χ3n) is 5.76. The van der Waals surface area contributed by atoms with Crippen molar-refractivity contribution in [1.29, 1.82) is 0 Å². The number of carboxylic acid groups (broad SMARTS) is 1. The number of primary amides is 1. The molecule has 4 aromatic rings. The number of amides is 1. The lowest BCUT2D eigenvalue weighted by Crippen LogP contribution is -2.25. The van der Waals surface area contributed by atoms with Crippen molar-refractivity contribution in [2.75, 3.05) is 0 Å². The molecule has 0 bridgehead atoms. The van der Waals surface area contributed by atoms with Gasteiger partial charge >= 0.3 is 5.97 Å². The molecule has 2 aromatic heterocycles. The van der Waals surface area contributed by atoms with E-state index in [0.29, 0.717) is 34.6 Å². The average Bonchev–Trinajstić information content (AvgIpc) is 3.39. The van der Waals surface area contributed by atoms with E-state index < -0.39 is 17.4 Å². The highest BCUT2D eigenvalue weighted by atomic mass is 16.4. The van der Waals surface area contributed by atoms with Crippen LogP contribution in [0.25, 0.3) is 22.5 Å². The zero-order valence-corrected chi connectivity index (χ0v) is 19.1. The smallest absolute Gasteiger partial charge is 0.335 e. The number of unbranched alkanes of at least 4 members (excludes halogenated alkanes) is 1. The summed E-state index contributed by atoms with van der Waals surface area (Å²) in [6.45, 7) is 2.19. The molecule has 4 N–H and O–H groups in total. The predicted molar refractivity (Wildman–Crippen MR) is 129 cm³/mol. The van der Waals surface area contributed by atoms with Crippen LogP contribution in [0.1, 0.15) is 51.7 Å². The molecule has 0 radical (unpaired) electrons. The maximum absolute atomic E-state index is 12.8. The molecule has 0 saturated heterocycles. The Morgan fingerprint density at radius 2 is 1.83 bits per heavy atom. The molecule has 0 spiro atoms. The van der Waals surface area contributed by atoms with E-state index in [2.05, 4.69) is 20.6 Å². The van der Waals surface area contributed by atoms with Gasteiger partial charge in [0.1, 0.15) is 0 Å². The van der Waals surface area contributed by atoms with Crippen molar-refractivity contribution < 1.29 is 14.7 Å². The number of carbonyl (C=O) groups excluding carboxylic acids is 1. The number of carboxylic acids is 1. The fourth-order valence-electron chi connectivity index (χ4n) is 4.03. The fourth-order valence-corrected chi connectivity index (χ4v) is 4.03. The Morgan fingerprint density at radius 3 is 2.49 bits per heavy atom. The first-order valence-electron chi connectivity index (χ1n) is 11.1. The van der Waals surface area contributed by atoms with E-state index in [1.807, 2.05) is 37.3 Å². The lowest BCUT2D eigenvalue weighted by molar-refractivity contribution is 0.0696. The van der Waals surface area contributed by atoms with Gasteiger partial charge in [0.25, 0.3) is 5.56 Å². The highest BCUT2D eigenvalue weighted by Gasteiger charge is 2.18. The Balaban J connectivity index is 1.78. The zero-order valence-electron chi connectivity index (χ0n) is 19.1. The molecule has 4 rings (SSSR count). The summed E-state index contributed by atoms with van der Waals surface area (Å²) in [7, 11) is 0. The number of aromatic carboxylic acids is 1. The van der Waals surface area contributed by atoms with Crippen molar-refractivity contribution in [3.8, 4) is 22.5 Å². The zero-order chi connectivity index (χ0) is 24.9. The first-order valence-corrected chi connectivity index (χ1v) is 11.1. The minimum atomic E-state index is -1.15. The standard InChI is InChI=1S/C25H24N6O4/c1-2-3-6-17-12-16(25(34)35)13-22(32)31(17)14-15-9-10-19(21(11-15)23(26)33)18-7-4-5-8-20(18)24-27-29-30-28-24/h4-5,7-13H,2-3,6,14H2,1H3,(H2,26,33)(H,34,35)(H,27,28,29,30). The molecular weight excluding hydrogens is 448 g/mol. The van der Waals surface area contributed by atoms with E-state index in [4.69, 9.17) is 5.73 Å². The summed E-state index contributed by atoms with van der Waals surface area (Å²) >= 11 is 0. The summed E-state index contributed by atoms with van der Waals surface area (Å²) < 4.78 is 1.54. The number of nitrogens with zero attached hydrogens (tertiary/aromatic N) is 4. The topological polar surface area (TPSA) is 157 Å². The van der Waals surface area contributed by atoms with E-state index in [1.54, 1.807) is 12.1 Å². The van der Waals surface area contributed by atoms with Crippen LogP contribution >= 0.6 is 0 Å². The van der Waals surface area contributed by atoms with Crippen LogP contribution in [0, 0.1) is 0 Å². The molecule has 2 heterocycles. The van der Waals surface area contributed by atoms with Crippen LogP contribution < -0.4 is 11.3 Å². The van der Waals surface area contributed by atoms with Gasteiger partial charge in [-0.1, -0.05) is 49.7 Å². The third kappa shape index (κ3) is 5.01. The first-order chi connectivity index (χ1) is 16.9. The Morgan fingerprint density at radius 1 is 1.06 bits per heavy atom. The minimum absolute atomic E-state index is 0.0379. The minimum Gasteiger partial charge on any atom is -0.478 e. The summed E-state index contributed by atoms with van der Waals surface area (Å²) in [5.74, 6) is -1.31. The van der Waals surface area contributed by atoms with Gasteiger partial charge in [-0.3, -0.25) is 9.59 Å². The number of rotatable bonds is 9. The van der Waals surface area contributed by atoms with Crippen molar-refractivity contribution in [2.45, 2.75) is 32.7 Å². The molecule has 1 amide bonds. The van der Waals surface area contributed by atoms with E-state index in [0.717, 1.165) is 24.5 Å². The van der Waals surface area contributed by atoms with Gasteiger partial charge in [-0.25, -0.2) is 9.89 Å². The van der Waals surface area contributed by atoms with E-state index in [1.165, 1.54) is 10.6 Å². The van der Waals surface area contributed by atoms with Gasteiger partial charge in [0.05, 0.1) is 12.1 Å². The number of aryl methyl sites for hydroxylation is 1. The summed E-state index contributed by atoms with van der Waals surface area (Å²) in [6.07, 6.45) is 2.26. The second kappa shape index (κ2) is 10.1. The van der Waals surface area contributed by atoms with Gasteiger partial charge in [0.15, 0.2) is 5.82 Å². The Kier molecular flexibility index (Phi) is 6.81. The van der Waals surface area contributed by atoms with Crippen LogP contribution in [0.5, 0.6) is 0 Å². The highest BCUT2D eigenvalue weighted by molar-refractivity contribution is 6.01. The van der Waals surface area contributed by atoms with Gasteiger partial charge in [0, 0.05) is 22.9 Å². The van der Waals surface area contributed by atoms with Gasteiger partial charge in [-0.15, -0.1) is 5.10 Å². The average molecular weight is 473 g/mol. The number of benzene rings is 2. The molecule has 0 saturated carbocycles. The Labute approximate surface area is 200 Å². The summed E-state index contributed by atoms with van der Waals surface area (Å²) in [6, 6.07) is 15.3. The Bertz CT molecular complexity index is 1440. The predicted octanol–water partition coefficient (Wildman–Crippen LogP) is 2.88. The largest absolute Gasteiger partial charge is 0.478 e. The number of hydrogen-bond acceptors (Lipinski definition) is 6. The van der Waals surface area contributed by atoms with E-state index >= 15 is 0 Å². The van der Waals surface area contributed by atoms with Crippen molar-refractivity contribution in [1.82, 2.24) is 25.2 Å². The molecule has 10 nitrogen and oxygen atoms in total. The molecule has 0 aliphatic heterocycles. The third-order valence-corrected chi connectivity index (χ3v) is 5.76. The first kappa shape index (κ1) is 23.6. The molecule has 0 aliphatic carbocycles. The van der Waals surface area contributed by atoms with Gasteiger partial charge in [-0.05, 0) is 52.1 Å².